The number of hydrogen-bond acceptors (Lipinski definition) is 0. The molecule has 4 fully saturated rings. The Hall–Kier alpha value is 0. The molecular formula is C21H38. The summed E-state index contributed by atoms with van der Waals surface area (Å²) in [7, 11) is 0. The van der Waals surface area contributed by atoms with Crippen LogP contribution in [0.15, 0.2) is 0 Å². The highest BCUT2D eigenvalue weighted by Gasteiger charge is 2.39. The van der Waals surface area contributed by atoms with Crippen LogP contribution in [0.3, 0.4) is 0 Å². The van der Waals surface area contributed by atoms with E-state index in [1.165, 1.54) is 77.0 Å². The van der Waals surface area contributed by atoms with Crippen LogP contribution in [0.5, 0.6) is 0 Å². The van der Waals surface area contributed by atoms with Crippen molar-refractivity contribution >= 4 is 0 Å². The first-order valence-corrected chi connectivity index (χ1v) is 10.2. The third-order valence-electron chi connectivity index (χ3n) is 7.59. The highest BCUT2D eigenvalue weighted by Crippen LogP contribution is 2.52. The summed E-state index contributed by atoms with van der Waals surface area (Å²) in [6.45, 7) is 2.61. The molecule has 2 bridgehead atoms. The van der Waals surface area contributed by atoms with Crippen molar-refractivity contribution in [1.29, 1.82) is 0 Å². The Morgan fingerprint density at radius 2 is 0.952 bits per heavy atom. The third kappa shape index (κ3) is 3.85. The Balaban J connectivity index is 1.78. The van der Waals surface area contributed by atoms with Gasteiger partial charge in [-0.05, 0) is 68.1 Å². The van der Waals surface area contributed by atoms with Gasteiger partial charge in [-0.15, -0.1) is 0 Å². The maximum Gasteiger partial charge on any atom is -0.0269 e. The molecule has 4 rings (SSSR count). The SMILES string of the molecule is CC12CCCCCC(C3CCCC3)(CCCC1)CCCC2. The van der Waals surface area contributed by atoms with Gasteiger partial charge >= 0.3 is 0 Å². The van der Waals surface area contributed by atoms with Crippen LogP contribution in [-0.2, 0) is 0 Å². The van der Waals surface area contributed by atoms with Crippen LogP contribution in [0.4, 0.5) is 0 Å². The first-order chi connectivity index (χ1) is 10.2. The topological polar surface area (TPSA) is 0 Å². The van der Waals surface area contributed by atoms with Crippen LogP contribution < -0.4 is 0 Å². The van der Waals surface area contributed by atoms with Gasteiger partial charge in [0.1, 0.15) is 0 Å². The van der Waals surface area contributed by atoms with E-state index in [1.54, 1.807) is 32.1 Å². The largest absolute Gasteiger partial charge is 0.0596 e. The number of hydrogen-bond donors (Lipinski definition) is 0. The molecule has 0 amide bonds. The Morgan fingerprint density at radius 3 is 1.52 bits per heavy atom. The van der Waals surface area contributed by atoms with Gasteiger partial charge in [-0.3, -0.25) is 0 Å². The molecule has 0 N–H and O–H groups in total. The van der Waals surface area contributed by atoms with Crippen molar-refractivity contribution in [2.24, 2.45) is 16.7 Å². The Bertz CT molecular complexity index is 298. The lowest BCUT2D eigenvalue weighted by Gasteiger charge is -2.41. The van der Waals surface area contributed by atoms with E-state index in [9.17, 15) is 0 Å². The highest BCUT2D eigenvalue weighted by atomic mass is 14.4. The first-order valence-electron chi connectivity index (χ1n) is 10.2. The van der Waals surface area contributed by atoms with Crippen LogP contribution in [-0.4, -0.2) is 0 Å². The van der Waals surface area contributed by atoms with E-state index in [2.05, 4.69) is 6.92 Å². The normalized spacial score (nSPS) is 40.4. The molecule has 4 saturated carbocycles. The van der Waals surface area contributed by atoms with Gasteiger partial charge in [0.25, 0.3) is 0 Å². The van der Waals surface area contributed by atoms with E-state index in [-0.39, 0.29) is 0 Å². The average molecular weight is 291 g/mol. The number of fused-ring (bicyclic) bond motifs is 10. The van der Waals surface area contributed by atoms with E-state index < -0.39 is 0 Å². The minimum absolute atomic E-state index is 0.692. The van der Waals surface area contributed by atoms with Gasteiger partial charge in [0.2, 0.25) is 0 Å². The van der Waals surface area contributed by atoms with Crippen molar-refractivity contribution in [2.45, 2.75) is 116 Å². The quantitative estimate of drug-likeness (QED) is 0.476. The summed E-state index contributed by atoms with van der Waals surface area (Å²) in [5.74, 6) is 1.10. The zero-order valence-electron chi connectivity index (χ0n) is 14.6. The fraction of sp³-hybridized carbons (Fsp3) is 1.00. The molecule has 122 valence electrons. The summed E-state index contributed by atoms with van der Waals surface area (Å²) in [5, 5.41) is 0. The molecular weight excluding hydrogens is 252 g/mol. The van der Waals surface area contributed by atoms with Gasteiger partial charge in [-0.2, -0.15) is 0 Å². The summed E-state index contributed by atoms with van der Waals surface area (Å²) < 4.78 is 0. The van der Waals surface area contributed by atoms with Gasteiger partial charge in [0.05, 0.1) is 0 Å². The first kappa shape index (κ1) is 15.9. The van der Waals surface area contributed by atoms with Crippen molar-refractivity contribution in [2.75, 3.05) is 0 Å². The smallest absolute Gasteiger partial charge is 0.0269 e. The standard InChI is InChI=1S/C21H38/c1-20-13-5-2-6-16-21(17-9-7-14-20,18-10-8-15-20)19-11-3-4-12-19/h19H,2-18H2,1H3. The van der Waals surface area contributed by atoms with Crippen LogP contribution in [0, 0.1) is 16.7 Å². The predicted molar refractivity (Wildman–Crippen MR) is 92.5 cm³/mol. The molecule has 0 aromatic rings. The van der Waals surface area contributed by atoms with E-state index >= 15 is 0 Å². The van der Waals surface area contributed by atoms with Crippen molar-refractivity contribution in [3.05, 3.63) is 0 Å². The van der Waals surface area contributed by atoms with Crippen LogP contribution in [0.2, 0.25) is 0 Å². The summed E-state index contributed by atoms with van der Waals surface area (Å²) in [6.07, 6.45) is 26.2. The molecule has 0 radical (unpaired) electrons. The summed E-state index contributed by atoms with van der Waals surface area (Å²) >= 11 is 0. The van der Waals surface area contributed by atoms with Crippen molar-refractivity contribution in [1.82, 2.24) is 0 Å². The van der Waals surface area contributed by atoms with Gasteiger partial charge in [0.15, 0.2) is 0 Å². The minimum Gasteiger partial charge on any atom is -0.0596 e. The van der Waals surface area contributed by atoms with Crippen LogP contribution in [0.25, 0.3) is 0 Å². The zero-order valence-corrected chi connectivity index (χ0v) is 14.6. The van der Waals surface area contributed by atoms with Crippen LogP contribution >= 0.6 is 0 Å². The second-order valence-corrected chi connectivity index (χ2v) is 9.13. The Labute approximate surface area is 133 Å². The van der Waals surface area contributed by atoms with Crippen molar-refractivity contribution in [3.63, 3.8) is 0 Å². The van der Waals surface area contributed by atoms with Crippen molar-refractivity contribution in [3.8, 4) is 0 Å². The molecule has 0 atom stereocenters. The molecule has 0 nitrogen and oxygen atoms in total. The lowest BCUT2D eigenvalue weighted by atomic mass is 9.64. The Kier molecular flexibility index (Phi) is 5.33. The maximum absolute atomic E-state index is 2.61. The molecule has 4 aliphatic carbocycles. The lowest BCUT2D eigenvalue weighted by Crippen LogP contribution is -2.30. The second kappa shape index (κ2) is 7.05. The molecule has 0 heteroatoms. The highest BCUT2D eigenvalue weighted by molar-refractivity contribution is 4.91. The second-order valence-electron chi connectivity index (χ2n) is 9.13. The molecule has 0 unspecified atom stereocenters. The monoisotopic (exact) mass is 290 g/mol. The third-order valence-corrected chi connectivity index (χ3v) is 7.59. The minimum atomic E-state index is 0.692. The molecule has 0 aliphatic heterocycles. The molecule has 0 spiro atoms. The number of rotatable bonds is 1. The van der Waals surface area contributed by atoms with Gasteiger partial charge in [-0.25, -0.2) is 0 Å². The maximum atomic E-state index is 2.61. The van der Waals surface area contributed by atoms with Gasteiger partial charge in [0, 0.05) is 0 Å². The van der Waals surface area contributed by atoms with E-state index in [0.29, 0.717) is 5.41 Å². The molecule has 4 aliphatic rings. The fourth-order valence-electron chi connectivity index (χ4n) is 6.16. The zero-order chi connectivity index (χ0) is 14.6. The molecule has 0 aromatic heterocycles. The Morgan fingerprint density at radius 1 is 0.524 bits per heavy atom. The fourth-order valence-corrected chi connectivity index (χ4v) is 6.16. The van der Waals surface area contributed by atoms with Gasteiger partial charge in [-0.1, -0.05) is 64.7 Å². The average Bonchev–Trinajstić information content (AvgIpc) is 3.00. The lowest BCUT2D eigenvalue weighted by molar-refractivity contribution is 0.0973. The van der Waals surface area contributed by atoms with Gasteiger partial charge < -0.3 is 0 Å². The summed E-state index contributed by atoms with van der Waals surface area (Å²) in [6, 6.07) is 0. The molecule has 0 heterocycles. The molecule has 0 saturated heterocycles. The van der Waals surface area contributed by atoms with E-state index in [4.69, 9.17) is 0 Å². The molecule has 21 heavy (non-hydrogen) atoms. The van der Waals surface area contributed by atoms with Crippen molar-refractivity contribution < 1.29 is 0 Å². The van der Waals surface area contributed by atoms with E-state index in [1.807, 2.05) is 0 Å². The van der Waals surface area contributed by atoms with Crippen LogP contribution in [0.1, 0.15) is 116 Å². The summed E-state index contributed by atoms with van der Waals surface area (Å²) in [5.41, 5.74) is 1.46. The summed E-state index contributed by atoms with van der Waals surface area (Å²) in [4.78, 5) is 0. The van der Waals surface area contributed by atoms with E-state index in [0.717, 1.165) is 11.3 Å². The predicted octanol–water partition coefficient (Wildman–Crippen LogP) is 7.27. The molecule has 0 aromatic carbocycles.